The van der Waals surface area contributed by atoms with Crippen LogP contribution in [0.5, 0.6) is 0 Å². The van der Waals surface area contributed by atoms with Crippen LogP contribution in [0.1, 0.15) is 6.42 Å². The minimum atomic E-state index is -1.19. The standard InChI is InChI=1S/C10H17NOSi/c1-12-10-6-5-9(7-8-11-10)13(2,3)4/h5,7-8H,6H2,1-4H3. The highest BCUT2D eigenvalue weighted by molar-refractivity contribution is 6.83. The van der Waals surface area contributed by atoms with E-state index in [2.05, 4.69) is 36.8 Å². The normalized spacial score (nSPS) is 17.5. The van der Waals surface area contributed by atoms with Crippen molar-refractivity contribution in [2.24, 2.45) is 4.99 Å². The number of rotatable bonds is 1. The Balaban J connectivity index is 2.81. The van der Waals surface area contributed by atoms with Gasteiger partial charge in [-0.25, -0.2) is 4.99 Å². The summed E-state index contributed by atoms with van der Waals surface area (Å²) in [4.78, 5) is 4.19. The molecule has 0 aromatic carbocycles. The molecule has 0 saturated carbocycles. The van der Waals surface area contributed by atoms with E-state index < -0.39 is 8.07 Å². The van der Waals surface area contributed by atoms with Crippen LogP contribution in [0.3, 0.4) is 0 Å². The summed E-state index contributed by atoms with van der Waals surface area (Å²) in [6.45, 7) is 7.00. The number of hydrogen-bond donors (Lipinski definition) is 0. The molecule has 72 valence electrons. The molecular formula is C10H17NOSi. The molecule has 0 spiro atoms. The van der Waals surface area contributed by atoms with Gasteiger partial charge in [-0.1, -0.05) is 30.9 Å². The van der Waals surface area contributed by atoms with Gasteiger partial charge < -0.3 is 4.74 Å². The quantitative estimate of drug-likeness (QED) is 0.590. The first-order valence-electron chi connectivity index (χ1n) is 4.52. The molecule has 0 saturated heterocycles. The molecule has 0 aromatic heterocycles. The van der Waals surface area contributed by atoms with Gasteiger partial charge in [0.25, 0.3) is 0 Å². The second-order valence-corrected chi connectivity index (χ2v) is 9.23. The van der Waals surface area contributed by atoms with E-state index >= 15 is 0 Å². The molecule has 0 bridgehead atoms. The molecule has 1 heterocycles. The van der Waals surface area contributed by atoms with Crippen LogP contribution in [-0.4, -0.2) is 21.1 Å². The van der Waals surface area contributed by atoms with Crippen molar-refractivity contribution in [3.8, 4) is 0 Å². The SMILES string of the molecule is COC1=NC=CC([Si](C)(C)C)=CC1. The van der Waals surface area contributed by atoms with Crippen LogP contribution in [0.25, 0.3) is 0 Å². The Morgan fingerprint density at radius 1 is 1.38 bits per heavy atom. The highest BCUT2D eigenvalue weighted by Gasteiger charge is 2.18. The Bertz CT molecular complexity index is 271. The monoisotopic (exact) mass is 195 g/mol. The van der Waals surface area contributed by atoms with Crippen molar-refractivity contribution in [1.82, 2.24) is 0 Å². The summed E-state index contributed by atoms with van der Waals surface area (Å²) in [5.74, 6) is 0.796. The van der Waals surface area contributed by atoms with Crippen molar-refractivity contribution >= 4 is 14.0 Å². The van der Waals surface area contributed by atoms with Gasteiger partial charge >= 0.3 is 0 Å². The number of ether oxygens (including phenoxy) is 1. The van der Waals surface area contributed by atoms with Crippen LogP contribution in [0.15, 0.2) is 28.5 Å². The molecule has 0 N–H and O–H groups in total. The van der Waals surface area contributed by atoms with E-state index in [-0.39, 0.29) is 0 Å². The van der Waals surface area contributed by atoms with E-state index in [1.54, 1.807) is 7.11 Å². The van der Waals surface area contributed by atoms with E-state index in [1.807, 2.05) is 6.20 Å². The van der Waals surface area contributed by atoms with Crippen LogP contribution >= 0.6 is 0 Å². The summed E-state index contributed by atoms with van der Waals surface area (Å²) in [6, 6.07) is 0. The molecule has 0 unspecified atom stereocenters. The van der Waals surface area contributed by atoms with E-state index in [1.165, 1.54) is 5.20 Å². The first kappa shape index (κ1) is 10.2. The highest BCUT2D eigenvalue weighted by atomic mass is 28.3. The van der Waals surface area contributed by atoms with Crippen LogP contribution < -0.4 is 0 Å². The molecule has 1 rings (SSSR count). The fraction of sp³-hybridized carbons (Fsp3) is 0.500. The molecule has 0 atom stereocenters. The molecule has 1 aliphatic rings. The lowest BCUT2D eigenvalue weighted by atomic mass is 10.4. The minimum Gasteiger partial charge on any atom is -0.484 e. The summed E-state index contributed by atoms with van der Waals surface area (Å²) in [5, 5.41) is 1.45. The maximum Gasteiger partial charge on any atom is 0.191 e. The second kappa shape index (κ2) is 3.92. The molecule has 0 aliphatic carbocycles. The molecule has 13 heavy (non-hydrogen) atoms. The average Bonchev–Trinajstić information content (AvgIpc) is 2.26. The Morgan fingerprint density at radius 3 is 2.62 bits per heavy atom. The van der Waals surface area contributed by atoms with Gasteiger partial charge in [0.05, 0.1) is 15.2 Å². The number of aliphatic imine (C=N–C) groups is 1. The van der Waals surface area contributed by atoms with E-state index in [0.29, 0.717) is 0 Å². The third-order valence-electron chi connectivity index (χ3n) is 2.07. The van der Waals surface area contributed by atoms with Crippen molar-refractivity contribution in [2.45, 2.75) is 26.1 Å². The maximum absolute atomic E-state index is 5.10. The second-order valence-electron chi connectivity index (χ2n) is 4.16. The van der Waals surface area contributed by atoms with Crippen molar-refractivity contribution < 1.29 is 4.74 Å². The summed E-state index contributed by atoms with van der Waals surface area (Å²) < 4.78 is 5.10. The zero-order valence-corrected chi connectivity index (χ0v) is 9.79. The molecule has 0 amide bonds. The van der Waals surface area contributed by atoms with Crippen LogP contribution in [-0.2, 0) is 4.74 Å². The molecule has 2 nitrogen and oxygen atoms in total. The summed E-state index contributed by atoms with van der Waals surface area (Å²) >= 11 is 0. The largest absolute Gasteiger partial charge is 0.484 e. The smallest absolute Gasteiger partial charge is 0.191 e. The van der Waals surface area contributed by atoms with Gasteiger partial charge in [-0.05, 0) is 6.08 Å². The van der Waals surface area contributed by atoms with E-state index in [9.17, 15) is 0 Å². The van der Waals surface area contributed by atoms with Crippen molar-refractivity contribution in [3.63, 3.8) is 0 Å². The van der Waals surface area contributed by atoms with Gasteiger partial charge in [0.15, 0.2) is 5.90 Å². The Hall–Kier alpha value is -0.833. The Labute approximate surface area is 81.0 Å². The molecule has 1 aliphatic heterocycles. The molecule has 0 aromatic rings. The van der Waals surface area contributed by atoms with Crippen molar-refractivity contribution in [2.75, 3.05) is 7.11 Å². The minimum absolute atomic E-state index is 0.796. The van der Waals surface area contributed by atoms with E-state index in [0.717, 1.165) is 12.3 Å². The van der Waals surface area contributed by atoms with Crippen LogP contribution in [0.4, 0.5) is 0 Å². The fourth-order valence-electron chi connectivity index (χ4n) is 1.21. The number of allylic oxidation sites excluding steroid dienone is 2. The molecule has 0 fully saturated rings. The highest BCUT2D eigenvalue weighted by Crippen LogP contribution is 2.18. The van der Waals surface area contributed by atoms with Gasteiger partial charge in [0.2, 0.25) is 0 Å². The molecule has 3 heteroatoms. The first-order valence-corrected chi connectivity index (χ1v) is 8.02. The van der Waals surface area contributed by atoms with Gasteiger partial charge in [-0.3, -0.25) is 0 Å². The van der Waals surface area contributed by atoms with Crippen LogP contribution in [0.2, 0.25) is 19.6 Å². The lowest BCUT2D eigenvalue weighted by Crippen LogP contribution is -2.22. The number of hydrogen-bond acceptors (Lipinski definition) is 2. The Morgan fingerprint density at radius 2 is 2.08 bits per heavy atom. The van der Waals surface area contributed by atoms with Crippen molar-refractivity contribution in [3.05, 3.63) is 23.5 Å². The summed E-state index contributed by atoms with van der Waals surface area (Å²) in [6.07, 6.45) is 7.01. The van der Waals surface area contributed by atoms with E-state index in [4.69, 9.17) is 4.74 Å². The number of nitrogens with zero attached hydrogens (tertiary/aromatic N) is 1. The first-order chi connectivity index (χ1) is 6.04. The summed E-state index contributed by atoms with van der Waals surface area (Å²) in [7, 11) is 0.481. The van der Waals surface area contributed by atoms with Gasteiger partial charge in [-0.15, -0.1) is 0 Å². The zero-order chi connectivity index (χ0) is 9.90. The maximum atomic E-state index is 5.10. The predicted molar refractivity (Wildman–Crippen MR) is 59.6 cm³/mol. The molecule has 0 radical (unpaired) electrons. The van der Waals surface area contributed by atoms with Gasteiger partial charge in [-0.2, -0.15) is 0 Å². The zero-order valence-electron chi connectivity index (χ0n) is 8.79. The lowest BCUT2D eigenvalue weighted by Gasteiger charge is -2.16. The topological polar surface area (TPSA) is 21.6 Å². The molecular weight excluding hydrogens is 178 g/mol. The predicted octanol–water partition coefficient (Wildman–Crippen LogP) is 2.75. The third kappa shape index (κ3) is 2.84. The van der Waals surface area contributed by atoms with Gasteiger partial charge in [0.1, 0.15) is 0 Å². The number of methoxy groups -OCH3 is 1. The van der Waals surface area contributed by atoms with Crippen molar-refractivity contribution in [1.29, 1.82) is 0 Å². The van der Waals surface area contributed by atoms with Crippen LogP contribution in [0, 0.1) is 0 Å². The third-order valence-corrected chi connectivity index (χ3v) is 4.17. The average molecular weight is 195 g/mol. The van der Waals surface area contributed by atoms with Gasteiger partial charge in [0, 0.05) is 12.6 Å². The Kier molecular flexibility index (Phi) is 3.09. The fourth-order valence-corrected chi connectivity index (χ4v) is 2.50. The lowest BCUT2D eigenvalue weighted by molar-refractivity contribution is 0.395. The summed E-state index contributed by atoms with van der Waals surface area (Å²) in [5.41, 5.74) is 0.